The number of rotatable bonds is 12. The van der Waals surface area contributed by atoms with Gasteiger partial charge in [-0.3, -0.25) is 10.1 Å². The molecule has 0 radical (unpaired) electrons. The summed E-state index contributed by atoms with van der Waals surface area (Å²) in [5, 5.41) is 9.76. The molecular formula is C15H14F17NO2. The van der Waals surface area contributed by atoms with Crippen LogP contribution in [0, 0.1) is 5.92 Å². The van der Waals surface area contributed by atoms with Gasteiger partial charge in [0.25, 0.3) is 0 Å². The van der Waals surface area contributed by atoms with E-state index in [4.69, 9.17) is 5.11 Å². The fraction of sp³-hybridized carbons (Fsp3) is 0.933. The van der Waals surface area contributed by atoms with Crippen LogP contribution in [0.3, 0.4) is 0 Å². The van der Waals surface area contributed by atoms with Crippen LogP contribution >= 0.6 is 0 Å². The van der Waals surface area contributed by atoms with Crippen molar-refractivity contribution in [2.24, 2.45) is 5.92 Å². The number of halogens is 17. The molecule has 0 saturated heterocycles. The van der Waals surface area contributed by atoms with Gasteiger partial charge in [-0.15, -0.1) is 0 Å². The molecule has 0 bridgehead atoms. The molecule has 0 rings (SSSR count). The van der Waals surface area contributed by atoms with Crippen LogP contribution in [0.2, 0.25) is 0 Å². The van der Waals surface area contributed by atoms with Crippen molar-refractivity contribution < 1.29 is 84.5 Å². The van der Waals surface area contributed by atoms with E-state index in [0.717, 1.165) is 5.32 Å². The Balaban J connectivity index is 6.46. The molecule has 0 aromatic carbocycles. The van der Waals surface area contributed by atoms with Crippen molar-refractivity contribution in [3.8, 4) is 0 Å². The Kier molecular flexibility index (Phi) is 8.81. The van der Waals surface area contributed by atoms with Crippen LogP contribution in [-0.2, 0) is 4.79 Å². The Labute approximate surface area is 183 Å². The first kappa shape index (κ1) is 33.2. The average molecular weight is 563 g/mol. The molecule has 3 nitrogen and oxygen atoms in total. The lowest BCUT2D eigenvalue weighted by Crippen LogP contribution is -2.75. The Bertz CT molecular complexity index is 759. The van der Waals surface area contributed by atoms with Crippen LogP contribution in [0.5, 0.6) is 0 Å². The monoisotopic (exact) mass is 563 g/mol. The molecule has 0 spiro atoms. The summed E-state index contributed by atoms with van der Waals surface area (Å²) in [6.07, 6.45) is -8.50. The van der Waals surface area contributed by atoms with Gasteiger partial charge in [0.05, 0.1) is 6.54 Å². The maximum absolute atomic E-state index is 13.7. The van der Waals surface area contributed by atoms with E-state index in [2.05, 4.69) is 0 Å². The maximum atomic E-state index is 13.7. The van der Waals surface area contributed by atoms with E-state index in [-0.39, 0.29) is 0 Å². The van der Waals surface area contributed by atoms with E-state index < -0.39 is 78.5 Å². The number of alkyl halides is 17. The number of carboxylic acid groups (broad SMARTS) is 1. The zero-order valence-electron chi connectivity index (χ0n) is 16.8. The first-order valence-electron chi connectivity index (χ1n) is 8.65. The van der Waals surface area contributed by atoms with Crippen LogP contribution in [0.25, 0.3) is 0 Å². The fourth-order valence-electron chi connectivity index (χ4n) is 2.30. The molecule has 0 fully saturated rings. The molecule has 210 valence electrons. The molecule has 35 heavy (non-hydrogen) atoms. The number of hydrogen-bond donors (Lipinski definition) is 2. The first-order chi connectivity index (χ1) is 15.0. The molecule has 0 aliphatic carbocycles. The Morgan fingerprint density at radius 3 is 1.23 bits per heavy atom. The van der Waals surface area contributed by atoms with Gasteiger partial charge in [-0.2, -0.15) is 74.6 Å². The number of carbonyl (C=O) groups is 1. The molecule has 0 aromatic rings. The summed E-state index contributed by atoms with van der Waals surface area (Å²) in [5.74, 6) is -59.8. The molecule has 0 amide bonds. The highest BCUT2D eigenvalue weighted by atomic mass is 19.4. The van der Waals surface area contributed by atoms with Crippen molar-refractivity contribution in [1.29, 1.82) is 0 Å². The standard InChI is InChI=1S/C15H14F17NO2/c1-5(2)3-6(7(34)35)33-4-8(16,17)9(18,19)10(20,21)11(22,23)12(24,25)13(26,27)14(28,29)15(30,31)32/h5-6,33H,3-4H2,1-2H3,(H,34,35)/t6-/m0/s1. The minimum absolute atomic E-state index is 0.680. The summed E-state index contributed by atoms with van der Waals surface area (Å²) in [7, 11) is 0. The molecule has 0 unspecified atom stereocenters. The van der Waals surface area contributed by atoms with E-state index in [1.165, 1.54) is 13.8 Å². The molecule has 2 N–H and O–H groups in total. The van der Waals surface area contributed by atoms with Crippen LogP contribution < -0.4 is 5.32 Å². The highest BCUT2D eigenvalue weighted by Gasteiger charge is 2.95. The van der Waals surface area contributed by atoms with Gasteiger partial charge in [-0.05, 0) is 12.3 Å². The zero-order valence-corrected chi connectivity index (χ0v) is 16.8. The van der Waals surface area contributed by atoms with Crippen LogP contribution in [0.4, 0.5) is 74.6 Å². The van der Waals surface area contributed by atoms with Crippen molar-refractivity contribution in [2.75, 3.05) is 6.54 Å². The maximum Gasteiger partial charge on any atom is 0.460 e. The van der Waals surface area contributed by atoms with E-state index >= 15 is 0 Å². The molecule has 20 heteroatoms. The SMILES string of the molecule is CC(C)C[C@H](NCC(F)(F)C(F)(F)C(F)(F)C(F)(F)C(F)(F)C(F)(F)C(F)(F)C(F)(F)F)C(=O)O. The smallest absolute Gasteiger partial charge is 0.460 e. The topological polar surface area (TPSA) is 49.3 Å². The molecular weight excluding hydrogens is 549 g/mol. The van der Waals surface area contributed by atoms with Gasteiger partial charge in [0, 0.05) is 0 Å². The predicted octanol–water partition coefficient (Wildman–Crippen LogP) is 6.08. The lowest BCUT2D eigenvalue weighted by molar-refractivity contribution is -0.461. The summed E-state index contributed by atoms with van der Waals surface area (Å²) >= 11 is 0. The third-order valence-corrected chi connectivity index (χ3v) is 4.36. The van der Waals surface area contributed by atoms with Crippen LogP contribution in [0.1, 0.15) is 20.3 Å². The molecule has 0 aliphatic heterocycles. The third kappa shape index (κ3) is 5.21. The Morgan fingerprint density at radius 2 is 0.943 bits per heavy atom. The third-order valence-electron chi connectivity index (χ3n) is 4.36. The minimum atomic E-state index is -8.70. The number of hydrogen-bond acceptors (Lipinski definition) is 2. The number of carboxylic acids is 1. The summed E-state index contributed by atoms with van der Waals surface area (Å²) < 4.78 is 223. The van der Waals surface area contributed by atoms with Crippen molar-refractivity contribution in [3.63, 3.8) is 0 Å². The van der Waals surface area contributed by atoms with Crippen molar-refractivity contribution >= 4 is 5.97 Å². The Hall–Kier alpha value is -1.76. The second-order valence-corrected chi connectivity index (χ2v) is 7.55. The van der Waals surface area contributed by atoms with Crippen molar-refractivity contribution in [2.45, 2.75) is 73.9 Å². The average Bonchev–Trinajstić information content (AvgIpc) is 2.62. The zero-order chi connectivity index (χ0) is 28.9. The van der Waals surface area contributed by atoms with Gasteiger partial charge < -0.3 is 5.11 Å². The largest absolute Gasteiger partial charge is 0.480 e. The second kappa shape index (κ2) is 9.28. The fourth-order valence-corrected chi connectivity index (χ4v) is 2.30. The van der Waals surface area contributed by atoms with E-state index in [9.17, 15) is 79.4 Å². The highest BCUT2D eigenvalue weighted by Crippen LogP contribution is 2.63. The van der Waals surface area contributed by atoms with E-state index in [0.29, 0.717) is 0 Å². The highest BCUT2D eigenvalue weighted by molar-refractivity contribution is 5.73. The van der Waals surface area contributed by atoms with Crippen LogP contribution in [0.15, 0.2) is 0 Å². The van der Waals surface area contributed by atoms with Crippen molar-refractivity contribution in [1.82, 2.24) is 5.32 Å². The van der Waals surface area contributed by atoms with Crippen molar-refractivity contribution in [3.05, 3.63) is 0 Å². The normalized spacial score (nSPS) is 16.6. The second-order valence-electron chi connectivity index (χ2n) is 7.55. The molecule has 1 atom stereocenters. The molecule has 0 saturated carbocycles. The van der Waals surface area contributed by atoms with Gasteiger partial charge in [0.15, 0.2) is 0 Å². The predicted molar refractivity (Wildman–Crippen MR) is 79.6 cm³/mol. The quantitative estimate of drug-likeness (QED) is 0.283. The van der Waals surface area contributed by atoms with Gasteiger partial charge in [-0.1, -0.05) is 13.8 Å². The summed E-state index contributed by atoms with van der Waals surface area (Å²) in [4.78, 5) is 10.9. The molecule has 0 heterocycles. The van der Waals surface area contributed by atoms with Gasteiger partial charge >= 0.3 is 53.6 Å². The first-order valence-corrected chi connectivity index (χ1v) is 8.65. The minimum Gasteiger partial charge on any atom is -0.480 e. The number of aliphatic carboxylic acids is 1. The van der Waals surface area contributed by atoms with E-state index in [1.54, 1.807) is 0 Å². The lowest BCUT2D eigenvalue weighted by atomic mass is 9.89. The van der Waals surface area contributed by atoms with E-state index in [1.807, 2.05) is 0 Å². The van der Waals surface area contributed by atoms with Crippen LogP contribution in [-0.4, -0.2) is 71.3 Å². The summed E-state index contributed by atoms with van der Waals surface area (Å²) in [5.41, 5.74) is 0. The molecule has 0 aromatic heterocycles. The van der Waals surface area contributed by atoms with Gasteiger partial charge in [0.2, 0.25) is 0 Å². The number of nitrogens with one attached hydrogen (secondary N) is 1. The van der Waals surface area contributed by atoms with Gasteiger partial charge in [0.1, 0.15) is 6.04 Å². The summed E-state index contributed by atoms with van der Waals surface area (Å²) in [6.45, 7) is -0.522. The van der Waals surface area contributed by atoms with Gasteiger partial charge in [-0.25, -0.2) is 0 Å². The Morgan fingerprint density at radius 1 is 0.629 bits per heavy atom. The molecule has 0 aliphatic rings. The lowest BCUT2D eigenvalue weighted by Gasteiger charge is -2.42. The summed E-state index contributed by atoms with van der Waals surface area (Å²) in [6, 6.07) is -2.25.